The first kappa shape index (κ1) is 10.9. The van der Waals surface area contributed by atoms with Crippen LogP contribution >= 0.6 is 0 Å². The fraction of sp³-hybridized carbons (Fsp3) is 0.385. The first-order chi connectivity index (χ1) is 7.39. The molecular weight excluding hydrogens is 202 g/mol. The van der Waals surface area contributed by atoms with Crippen LogP contribution in [-0.4, -0.2) is 0 Å². The molecule has 0 aliphatic heterocycles. The Morgan fingerprint density at radius 2 is 1.94 bits per heavy atom. The van der Waals surface area contributed by atoms with Gasteiger partial charge in [0.05, 0.1) is 5.39 Å². The third-order valence-electron chi connectivity index (χ3n) is 2.62. The Labute approximate surface area is 94.3 Å². The number of benzene rings is 1. The van der Waals surface area contributed by atoms with Crippen molar-refractivity contribution in [2.45, 2.75) is 33.2 Å². The molecule has 0 fully saturated rings. The van der Waals surface area contributed by atoms with E-state index in [9.17, 15) is 4.79 Å². The van der Waals surface area contributed by atoms with Gasteiger partial charge in [-0.1, -0.05) is 12.1 Å². The predicted octanol–water partition coefficient (Wildman–Crippen LogP) is 2.14. The Kier molecular flexibility index (Phi) is 2.34. The zero-order chi connectivity index (χ0) is 11.9. The van der Waals surface area contributed by atoms with E-state index < -0.39 is 0 Å². The molecule has 0 amide bonds. The van der Waals surface area contributed by atoms with Crippen LogP contribution in [0.15, 0.2) is 33.6 Å². The second-order valence-corrected chi connectivity index (χ2v) is 5.03. The molecule has 0 saturated carbocycles. The molecule has 0 saturated heterocycles. The topological polar surface area (TPSA) is 34.1 Å². The molecule has 0 aliphatic carbocycles. The van der Waals surface area contributed by atoms with Crippen molar-refractivity contribution in [3.05, 3.63) is 40.5 Å². The highest BCUT2D eigenvalue weighted by Gasteiger charge is 2.27. The zero-order valence-corrected chi connectivity index (χ0v) is 10.1. The highest BCUT2D eigenvalue weighted by molar-refractivity contribution is 5.77. The van der Waals surface area contributed by atoms with Crippen molar-refractivity contribution >= 4 is 11.0 Å². The lowest BCUT2D eigenvalue weighted by Gasteiger charge is -2.11. The van der Waals surface area contributed by atoms with Crippen LogP contribution in [-0.2, 0) is 5.54 Å². The molecule has 0 unspecified atom stereocenters. The monoisotopic (exact) mass is 218 g/mol. The highest BCUT2D eigenvalue weighted by atomic mass is 16.4. The molecule has 1 aromatic carbocycles. The van der Waals surface area contributed by atoms with E-state index in [-0.39, 0.29) is 11.3 Å². The lowest BCUT2D eigenvalue weighted by Crippen LogP contribution is -2.60. The molecule has 0 bridgehead atoms. The number of rotatable bonds is 0. The number of hydrogen-bond acceptors (Lipinski definition) is 2. The summed E-state index contributed by atoms with van der Waals surface area (Å²) in [5.41, 5.74) is 1.39. The van der Waals surface area contributed by atoms with Gasteiger partial charge < -0.3 is 4.42 Å². The predicted molar refractivity (Wildman–Crippen MR) is 62.4 cm³/mol. The van der Waals surface area contributed by atoms with Gasteiger partial charge in [0.2, 0.25) is 0 Å². The van der Waals surface area contributed by atoms with E-state index in [0.717, 1.165) is 10.9 Å². The first-order valence-corrected chi connectivity index (χ1v) is 5.35. The molecular formula is C13H16NO2+. The number of nitrogens with zero attached hydrogens (tertiary/aromatic N) is 1. The fourth-order valence-corrected chi connectivity index (χ4v) is 1.71. The second-order valence-electron chi connectivity index (χ2n) is 5.03. The minimum Gasteiger partial charge on any atom is -0.371 e. The van der Waals surface area contributed by atoms with E-state index in [4.69, 9.17) is 4.42 Å². The molecule has 0 N–H and O–H groups in total. The largest absolute Gasteiger partial charge is 0.602 e. The van der Waals surface area contributed by atoms with Crippen LogP contribution in [0.2, 0.25) is 0 Å². The molecule has 84 valence electrons. The molecule has 2 rings (SSSR count). The molecule has 0 atom stereocenters. The average Bonchev–Trinajstić information content (AvgIpc) is 2.17. The van der Waals surface area contributed by atoms with E-state index in [0.29, 0.717) is 5.58 Å². The number of hydrogen-bond donors (Lipinski definition) is 0. The molecule has 1 aromatic heterocycles. The van der Waals surface area contributed by atoms with Gasteiger partial charge in [0.15, 0.2) is 17.3 Å². The van der Waals surface area contributed by atoms with E-state index in [1.807, 2.05) is 52.1 Å². The quantitative estimate of drug-likeness (QED) is 0.635. The van der Waals surface area contributed by atoms with Crippen molar-refractivity contribution < 1.29 is 8.98 Å². The molecule has 3 nitrogen and oxygen atoms in total. The summed E-state index contributed by atoms with van der Waals surface area (Å²) >= 11 is 0. The maximum atomic E-state index is 11.8. The molecule has 2 aromatic rings. The highest BCUT2D eigenvalue weighted by Crippen LogP contribution is 2.15. The summed E-state index contributed by atoms with van der Waals surface area (Å²) in [7, 11) is 0. The number of fused-ring (bicyclic) bond motifs is 1. The molecule has 3 heteroatoms. The van der Waals surface area contributed by atoms with Crippen LogP contribution in [0.4, 0.5) is 0 Å². The van der Waals surface area contributed by atoms with Crippen LogP contribution in [0.5, 0.6) is 0 Å². The molecule has 16 heavy (non-hydrogen) atoms. The van der Waals surface area contributed by atoms with Crippen LogP contribution in [0.3, 0.4) is 0 Å². The van der Waals surface area contributed by atoms with Gasteiger partial charge in [-0.2, -0.15) is 4.79 Å². The third kappa shape index (κ3) is 1.73. The van der Waals surface area contributed by atoms with E-state index in [2.05, 4.69) is 0 Å². The van der Waals surface area contributed by atoms with Crippen molar-refractivity contribution in [2.75, 3.05) is 0 Å². The van der Waals surface area contributed by atoms with Gasteiger partial charge in [-0.3, -0.25) is 0 Å². The van der Waals surface area contributed by atoms with Crippen LogP contribution in [0, 0.1) is 6.92 Å². The zero-order valence-electron chi connectivity index (χ0n) is 10.1. The summed E-state index contributed by atoms with van der Waals surface area (Å²) in [5.74, 6) is -0.311. The van der Waals surface area contributed by atoms with Gasteiger partial charge in [-0.25, -0.2) is 0 Å². The minimum atomic E-state index is -0.311. The first-order valence-electron chi connectivity index (χ1n) is 5.35. The summed E-state index contributed by atoms with van der Waals surface area (Å²) in [5, 5.41) is 0.953. The minimum absolute atomic E-state index is 0.265. The summed E-state index contributed by atoms with van der Waals surface area (Å²) in [6.07, 6.45) is 1.86. The normalized spacial score (nSPS) is 12.0. The summed E-state index contributed by atoms with van der Waals surface area (Å²) < 4.78 is 6.98. The second kappa shape index (κ2) is 3.44. The van der Waals surface area contributed by atoms with E-state index in [1.165, 1.54) is 0 Å². The van der Waals surface area contributed by atoms with Crippen molar-refractivity contribution in [3.8, 4) is 0 Å². The van der Waals surface area contributed by atoms with Crippen molar-refractivity contribution in [1.82, 2.24) is 0 Å². The lowest BCUT2D eigenvalue weighted by molar-refractivity contribution is -0.774. The Bertz CT molecular complexity index is 591. The fourth-order valence-electron chi connectivity index (χ4n) is 1.71. The van der Waals surface area contributed by atoms with Crippen molar-refractivity contribution in [2.24, 2.45) is 0 Å². The Balaban J connectivity index is 2.83. The third-order valence-corrected chi connectivity index (χ3v) is 2.62. The number of para-hydroxylation sites is 1. The summed E-state index contributed by atoms with van der Waals surface area (Å²) in [6, 6.07) is 5.85. The average molecular weight is 218 g/mol. The standard InChI is InChI=1S/C13H16NO2/c1-9-6-5-7-10-8-14(13(2,3)4)12(15)16-11(9)10/h5-8H,1-4H3/q+1. The molecule has 0 aliphatic rings. The molecule has 0 radical (unpaired) electrons. The van der Waals surface area contributed by atoms with Crippen molar-refractivity contribution in [3.63, 3.8) is 0 Å². The van der Waals surface area contributed by atoms with E-state index in [1.54, 1.807) is 4.57 Å². The van der Waals surface area contributed by atoms with Gasteiger partial charge in [-0.05, 0) is 18.6 Å². The Morgan fingerprint density at radius 3 is 2.56 bits per heavy atom. The summed E-state index contributed by atoms with van der Waals surface area (Å²) in [6.45, 7) is 7.87. The Hall–Kier alpha value is -1.64. The van der Waals surface area contributed by atoms with E-state index >= 15 is 0 Å². The van der Waals surface area contributed by atoms with Crippen LogP contribution in [0.1, 0.15) is 26.3 Å². The van der Waals surface area contributed by atoms with Crippen LogP contribution < -0.4 is 10.3 Å². The lowest BCUT2D eigenvalue weighted by atomic mass is 10.1. The number of aromatic nitrogens is 1. The molecule has 1 heterocycles. The van der Waals surface area contributed by atoms with Crippen molar-refractivity contribution in [1.29, 1.82) is 0 Å². The Morgan fingerprint density at radius 1 is 1.25 bits per heavy atom. The maximum Gasteiger partial charge on any atom is 0.602 e. The van der Waals surface area contributed by atoms with Gasteiger partial charge in [0, 0.05) is 20.8 Å². The SMILES string of the molecule is Cc1cccc2c[n+](C(C)(C)C)c(=O)oc12. The van der Waals surface area contributed by atoms with Crippen LogP contribution in [0.25, 0.3) is 11.0 Å². The van der Waals surface area contributed by atoms with Gasteiger partial charge in [0.1, 0.15) is 0 Å². The van der Waals surface area contributed by atoms with Gasteiger partial charge >= 0.3 is 5.76 Å². The van der Waals surface area contributed by atoms with Gasteiger partial charge in [-0.15, -0.1) is 4.57 Å². The smallest absolute Gasteiger partial charge is 0.371 e. The maximum absolute atomic E-state index is 11.8. The van der Waals surface area contributed by atoms with Gasteiger partial charge in [0.25, 0.3) is 0 Å². The molecule has 0 spiro atoms. The summed E-state index contributed by atoms with van der Waals surface area (Å²) in [4.78, 5) is 11.8. The number of aryl methyl sites for hydroxylation is 1.